The number of halogens is 1. The molecule has 2 aromatic rings. The molecular formula is C21H26BrNO. The van der Waals surface area contributed by atoms with E-state index >= 15 is 0 Å². The van der Waals surface area contributed by atoms with Crippen LogP contribution in [-0.4, -0.2) is 4.98 Å². The number of ether oxygens (including phenoxy) is 1. The molecular weight excluding hydrogens is 362 g/mol. The summed E-state index contributed by atoms with van der Waals surface area (Å²) in [7, 11) is 0. The molecule has 2 heterocycles. The van der Waals surface area contributed by atoms with Crippen molar-refractivity contribution in [1.29, 1.82) is 0 Å². The summed E-state index contributed by atoms with van der Waals surface area (Å²) in [6.45, 7) is 8.94. The first-order valence-corrected chi connectivity index (χ1v) is 9.80. The first-order valence-electron chi connectivity index (χ1n) is 9.01. The number of hydrogen-bond donors (Lipinski definition) is 0. The molecule has 1 aliphatic heterocycles. The molecule has 0 atom stereocenters. The van der Waals surface area contributed by atoms with Gasteiger partial charge in [-0.1, -0.05) is 39.8 Å². The quantitative estimate of drug-likeness (QED) is 0.578. The number of fused-ring (bicyclic) bond motifs is 1. The van der Waals surface area contributed by atoms with Gasteiger partial charge in [0.15, 0.2) is 0 Å². The van der Waals surface area contributed by atoms with E-state index in [1.807, 2.05) is 12.3 Å². The lowest BCUT2D eigenvalue weighted by Gasteiger charge is -2.34. The highest BCUT2D eigenvalue weighted by atomic mass is 79.9. The van der Waals surface area contributed by atoms with Crippen molar-refractivity contribution in [2.45, 2.75) is 64.6 Å². The van der Waals surface area contributed by atoms with E-state index in [-0.39, 0.29) is 11.2 Å². The second kappa shape index (κ2) is 6.61. The van der Waals surface area contributed by atoms with Gasteiger partial charge < -0.3 is 4.74 Å². The zero-order chi connectivity index (χ0) is 17.4. The second-order valence-corrected chi connectivity index (χ2v) is 7.54. The Labute approximate surface area is 153 Å². The average Bonchev–Trinajstić information content (AvgIpc) is 2.93. The van der Waals surface area contributed by atoms with Crippen molar-refractivity contribution in [2.24, 2.45) is 0 Å². The largest absolute Gasteiger partial charge is 0.359 e. The molecule has 24 heavy (non-hydrogen) atoms. The molecule has 3 heteroatoms. The maximum Gasteiger partial charge on any atom is 0.0942 e. The fraction of sp³-hybridized carbons (Fsp3) is 0.476. The summed E-state index contributed by atoms with van der Waals surface area (Å²) in [5.41, 5.74) is 4.59. The summed E-state index contributed by atoms with van der Waals surface area (Å²) < 4.78 is 7.79. The van der Waals surface area contributed by atoms with E-state index < -0.39 is 0 Å². The normalized spacial score (nSPS) is 17.7. The lowest BCUT2D eigenvalue weighted by atomic mass is 9.81. The second-order valence-electron chi connectivity index (χ2n) is 6.63. The molecule has 0 saturated heterocycles. The van der Waals surface area contributed by atoms with Crippen molar-refractivity contribution in [3.8, 4) is 11.3 Å². The Morgan fingerprint density at radius 1 is 0.875 bits per heavy atom. The van der Waals surface area contributed by atoms with Crippen molar-refractivity contribution in [3.63, 3.8) is 0 Å². The maximum absolute atomic E-state index is 6.79. The Morgan fingerprint density at radius 2 is 1.50 bits per heavy atom. The predicted octanol–water partition coefficient (Wildman–Crippen LogP) is 6.57. The van der Waals surface area contributed by atoms with Gasteiger partial charge >= 0.3 is 0 Å². The minimum atomic E-state index is -0.174. The molecule has 0 bridgehead atoms. The van der Waals surface area contributed by atoms with Crippen LogP contribution in [0, 0.1) is 0 Å². The Morgan fingerprint density at radius 3 is 2.04 bits per heavy atom. The summed E-state index contributed by atoms with van der Waals surface area (Å²) in [5.74, 6) is 0. The molecule has 1 aliphatic rings. The minimum absolute atomic E-state index is 0.146. The van der Waals surface area contributed by atoms with Crippen LogP contribution in [0.5, 0.6) is 0 Å². The standard InChI is InChI=1S/C21H26BrNO/c1-5-20(6-2)17-11-9-15(19-12-10-16(22)14-23-19)13-18(17)21(7-3,8-4)24-20/h9-14H,5-8H2,1-4H3. The van der Waals surface area contributed by atoms with E-state index in [0.29, 0.717) is 0 Å². The van der Waals surface area contributed by atoms with Gasteiger partial charge in [-0.2, -0.15) is 0 Å². The van der Waals surface area contributed by atoms with Crippen molar-refractivity contribution in [2.75, 3.05) is 0 Å². The smallest absolute Gasteiger partial charge is 0.0942 e. The van der Waals surface area contributed by atoms with Crippen molar-refractivity contribution in [1.82, 2.24) is 4.98 Å². The molecule has 2 nitrogen and oxygen atoms in total. The van der Waals surface area contributed by atoms with E-state index in [1.165, 1.54) is 16.7 Å². The molecule has 0 saturated carbocycles. The first-order chi connectivity index (χ1) is 11.5. The fourth-order valence-corrected chi connectivity index (χ4v) is 4.29. The van der Waals surface area contributed by atoms with Gasteiger partial charge in [-0.25, -0.2) is 0 Å². The van der Waals surface area contributed by atoms with Crippen LogP contribution in [0.15, 0.2) is 41.0 Å². The molecule has 0 N–H and O–H groups in total. The van der Waals surface area contributed by atoms with Gasteiger partial charge in [-0.3, -0.25) is 4.98 Å². The van der Waals surface area contributed by atoms with E-state index in [1.54, 1.807) is 0 Å². The van der Waals surface area contributed by atoms with Crippen molar-refractivity contribution < 1.29 is 4.74 Å². The number of nitrogens with zero attached hydrogens (tertiary/aromatic N) is 1. The third-order valence-electron chi connectivity index (χ3n) is 5.70. The summed E-state index contributed by atoms with van der Waals surface area (Å²) in [5, 5.41) is 0. The number of pyridine rings is 1. The van der Waals surface area contributed by atoms with Crippen molar-refractivity contribution in [3.05, 3.63) is 52.1 Å². The summed E-state index contributed by atoms with van der Waals surface area (Å²) in [4.78, 5) is 4.56. The third-order valence-corrected chi connectivity index (χ3v) is 6.17. The zero-order valence-electron chi connectivity index (χ0n) is 15.0. The van der Waals surface area contributed by atoms with Gasteiger partial charge in [0.1, 0.15) is 0 Å². The van der Waals surface area contributed by atoms with E-state index in [9.17, 15) is 0 Å². The SMILES string of the molecule is CCC1(CC)OC(CC)(CC)c2cc(-c3ccc(Br)cn3)ccc21. The number of benzene rings is 1. The minimum Gasteiger partial charge on any atom is -0.359 e. The van der Waals surface area contributed by atoms with Crippen LogP contribution >= 0.6 is 15.9 Å². The Balaban J connectivity index is 2.17. The molecule has 0 unspecified atom stereocenters. The molecule has 0 radical (unpaired) electrons. The van der Waals surface area contributed by atoms with Crippen LogP contribution in [0.3, 0.4) is 0 Å². The molecule has 0 fully saturated rings. The summed E-state index contributed by atoms with van der Waals surface area (Å²) >= 11 is 3.46. The Hall–Kier alpha value is -1.19. The molecule has 0 amide bonds. The Kier molecular flexibility index (Phi) is 4.85. The van der Waals surface area contributed by atoms with Gasteiger partial charge in [0.25, 0.3) is 0 Å². The number of aromatic nitrogens is 1. The van der Waals surface area contributed by atoms with Crippen LogP contribution in [0.2, 0.25) is 0 Å². The highest BCUT2D eigenvalue weighted by Crippen LogP contribution is 2.54. The topological polar surface area (TPSA) is 22.1 Å². The van der Waals surface area contributed by atoms with Crippen LogP contribution in [0.25, 0.3) is 11.3 Å². The lowest BCUT2D eigenvalue weighted by Crippen LogP contribution is -2.31. The van der Waals surface area contributed by atoms with Gasteiger partial charge in [-0.15, -0.1) is 0 Å². The lowest BCUT2D eigenvalue weighted by molar-refractivity contribution is -0.151. The highest BCUT2D eigenvalue weighted by Gasteiger charge is 2.49. The zero-order valence-corrected chi connectivity index (χ0v) is 16.6. The van der Waals surface area contributed by atoms with Gasteiger partial charge in [0.05, 0.1) is 16.9 Å². The highest BCUT2D eigenvalue weighted by molar-refractivity contribution is 9.10. The van der Waals surface area contributed by atoms with Crippen LogP contribution in [0.4, 0.5) is 0 Å². The Bertz CT molecular complexity index is 715. The van der Waals surface area contributed by atoms with Crippen LogP contribution in [-0.2, 0) is 15.9 Å². The molecule has 1 aromatic carbocycles. The monoisotopic (exact) mass is 387 g/mol. The summed E-state index contributed by atoms with van der Waals surface area (Å²) in [6, 6.07) is 10.9. The van der Waals surface area contributed by atoms with Crippen molar-refractivity contribution >= 4 is 15.9 Å². The molecule has 3 rings (SSSR count). The van der Waals surface area contributed by atoms with Gasteiger partial charge in [0.2, 0.25) is 0 Å². The molecule has 0 aliphatic carbocycles. The fourth-order valence-electron chi connectivity index (χ4n) is 4.06. The number of rotatable bonds is 5. The van der Waals surface area contributed by atoms with Crippen LogP contribution in [0.1, 0.15) is 64.5 Å². The predicted molar refractivity (Wildman–Crippen MR) is 103 cm³/mol. The third kappa shape index (κ3) is 2.62. The van der Waals surface area contributed by atoms with Gasteiger partial charge in [-0.05, 0) is 70.9 Å². The molecule has 1 aromatic heterocycles. The molecule has 0 spiro atoms. The molecule has 128 valence electrons. The van der Waals surface area contributed by atoms with E-state index in [0.717, 1.165) is 35.8 Å². The van der Waals surface area contributed by atoms with Crippen LogP contribution < -0.4 is 0 Å². The van der Waals surface area contributed by atoms with Gasteiger partial charge in [0, 0.05) is 16.2 Å². The van der Waals surface area contributed by atoms with E-state index in [2.05, 4.69) is 72.9 Å². The first kappa shape index (κ1) is 17.6. The van der Waals surface area contributed by atoms with E-state index in [4.69, 9.17) is 4.74 Å². The summed E-state index contributed by atoms with van der Waals surface area (Å²) in [6.07, 6.45) is 5.86. The average molecular weight is 388 g/mol. The maximum atomic E-state index is 6.79. The number of hydrogen-bond acceptors (Lipinski definition) is 2.